The van der Waals surface area contributed by atoms with Gasteiger partial charge in [-0.25, -0.2) is 9.69 Å². The first-order chi connectivity index (χ1) is 13.8. The number of ether oxygens (including phenoxy) is 1. The number of benzene rings is 2. The standard InChI is InChI=1S/C22H23N3O4/c1-15(26)29-13-7-6-12-24-21(28)25(20(27)22(24,2)3)19-11-10-16(14-23)17-8-4-5-9-18(17)19/h4-5,8-11H,6-7,12-13H2,1-3H3. The summed E-state index contributed by atoms with van der Waals surface area (Å²) >= 11 is 0. The Morgan fingerprint density at radius 3 is 2.45 bits per heavy atom. The monoisotopic (exact) mass is 393 g/mol. The van der Waals surface area contributed by atoms with E-state index < -0.39 is 5.54 Å². The lowest BCUT2D eigenvalue weighted by Gasteiger charge is -2.27. The summed E-state index contributed by atoms with van der Waals surface area (Å²) in [5.41, 5.74) is -0.0248. The van der Waals surface area contributed by atoms with Crippen molar-refractivity contribution in [2.45, 2.75) is 39.2 Å². The van der Waals surface area contributed by atoms with E-state index in [9.17, 15) is 19.6 Å². The maximum atomic E-state index is 13.2. The summed E-state index contributed by atoms with van der Waals surface area (Å²) < 4.78 is 4.92. The van der Waals surface area contributed by atoms with E-state index in [1.165, 1.54) is 11.8 Å². The molecule has 1 saturated heterocycles. The third kappa shape index (κ3) is 3.66. The molecule has 0 bridgehead atoms. The highest BCUT2D eigenvalue weighted by atomic mass is 16.5. The first kappa shape index (κ1) is 20.3. The number of unbranched alkanes of at least 4 members (excludes halogenated alkanes) is 1. The van der Waals surface area contributed by atoms with Gasteiger partial charge in [-0.2, -0.15) is 5.26 Å². The Morgan fingerprint density at radius 2 is 1.79 bits per heavy atom. The lowest BCUT2D eigenvalue weighted by Crippen LogP contribution is -2.44. The molecule has 0 spiro atoms. The fourth-order valence-electron chi connectivity index (χ4n) is 3.59. The zero-order chi connectivity index (χ0) is 21.2. The van der Waals surface area contributed by atoms with Crippen LogP contribution in [0.15, 0.2) is 36.4 Å². The van der Waals surface area contributed by atoms with Crippen molar-refractivity contribution in [3.63, 3.8) is 0 Å². The molecule has 0 aliphatic carbocycles. The molecule has 7 heteroatoms. The third-order valence-electron chi connectivity index (χ3n) is 5.17. The second kappa shape index (κ2) is 7.92. The van der Waals surface area contributed by atoms with Crippen molar-refractivity contribution >= 4 is 34.4 Å². The average molecular weight is 393 g/mol. The highest BCUT2D eigenvalue weighted by molar-refractivity contribution is 6.25. The maximum Gasteiger partial charge on any atom is 0.332 e. The van der Waals surface area contributed by atoms with Gasteiger partial charge in [0.05, 0.1) is 23.9 Å². The lowest BCUT2D eigenvalue weighted by molar-refractivity contribution is -0.141. The summed E-state index contributed by atoms with van der Waals surface area (Å²) in [6.07, 6.45) is 1.21. The second-order valence-electron chi connectivity index (χ2n) is 7.47. The fourth-order valence-corrected chi connectivity index (χ4v) is 3.59. The molecular weight excluding hydrogens is 370 g/mol. The van der Waals surface area contributed by atoms with Crippen LogP contribution >= 0.6 is 0 Å². The number of carbonyl (C=O) groups is 3. The Hall–Kier alpha value is -3.40. The summed E-state index contributed by atoms with van der Waals surface area (Å²) in [5.74, 6) is -0.644. The molecule has 1 fully saturated rings. The third-order valence-corrected chi connectivity index (χ3v) is 5.17. The topological polar surface area (TPSA) is 90.7 Å². The summed E-state index contributed by atoms with van der Waals surface area (Å²) in [7, 11) is 0. The molecule has 150 valence electrons. The number of nitriles is 1. The molecule has 1 aliphatic heterocycles. The van der Waals surface area contributed by atoms with Crippen LogP contribution in [-0.2, 0) is 14.3 Å². The number of fused-ring (bicyclic) bond motifs is 1. The molecule has 2 aromatic carbocycles. The molecule has 3 amide bonds. The van der Waals surface area contributed by atoms with Crippen molar-refractivity contribution in [3.8, 4) is 6.07 Å². The van der Waals surface area contributed by atoms with E-state index in [1.807, 2.05) is 12.1 Å². The van der Waals surface area contributed by atoms with Crippen LogP contribution in [0.3, 0.4) is 0 Å². The fraction of sp³-hybridized carbons (Fsp3) is 0.364. The number of carbonyl (C=O) groups excluding carboxylic acids is 3. The van der Waals surface area contributed by atoms with Crippen LogP contribution in [0.1, 0.15) is 39.2 Å². The van der Waals surface area contributed by atoms with Gasteiger partial charge in [0, 0.05) is 24.2 Å². The van der Waals surface area contributed by atoms with Crippen molar-refractivity contribution in [1.29, 1.82) is 5.26 Å². The molecule has 0 saturated carbocycles. The molecule has 1 heterocycles. The highest BCUT2D eigenvalue weighted by Gasteiger charge is 2.51. The number of anilines is 1. The van der Waals surface area contributed by atoms with Crippen molar-refractivity contribution in [2.75, 3.05) is 18.1 Å². The lowest BCUT2D eigenvalue weighted by atomic mass is 10.0. The number of rotatable bonds is 6. The predicted molar refractivity (Wildman–Crippen MR) is 108 cm³/mol. The van der Waals surface area contributed by atoms with E-state index in [4.69, 9.17) is 4.74 Å². The molecule has 0 aromatic heterocycles. The Kier molecular flexibility index (Phi) is 5.55. The van der Waals surface area contributed by atoms with Crippen LogP contribution in [0, 0.1) is 11.3 Å². The number of amides is 3. The van der Waals surface area contributed by atoms with Gasteiger partial charge in [-0.3, -0.25) is 9.59 Å². The van der Waals surface area contributed by atoms with Gasteiger partial charge in [0.1, 0.15) is 5.54 Å². The number of esters is 1. The van der Waals surface area contributed by atoms with Gasteiger partial charge >= 0.3 is 12.0 Å². The molecule has 0 unspecified atom stereocenters. The maximum absolute atomic E-state index is 13.2. The number of hydrogen-bond donors (Lipinski definition) is 0. The van der Waals surface area contributed by atoms with E-state index >= 15 is 0 Å². The quantitative estimate of drug-likeness (QED) is 0.425. The number of imide groups is 1. The van der Waals surface area contributed by atoms with Gasteiger partial charge in [0.2, 0.25) is 0 Å². The van der Waals surface area contributed by atoms with Crippen LogP contribution in [0.5, 0.6) is 0 Å². The van der Waals surface area contributed by atoms with Gasteiger partial charge in [-0.05, 0) is 38.8 Å². The highest BCUT2D eigenvalue weighted by Crippen LogP contribution is 2.36. The zero-order valence-electron chi connectivity index (χ0n) is 16.8. The van der Waals surface area contributed by atoms with E-state index in [2.05, 4.69) is 6.07 Å². The molecule has 29 heavy (non-hydrogen) atoms. The molecule has 0 atom stereocenters. The largest absolute Gasteiger partial charge is 0.466 e. The number of nitrogens with zero attached hydrogens (tertiary/aromatic N) is 3. The van der Waals surface area contributed by atoms with Gasteiger partial charge in [-0.15, -0.1) is 0 Å². The van der Waals surface area contributed by atoms with Crippen molar-refractivity contribution in [3.05, 3.63) is 42.0 Å². The van der Waals surface area contributed by atoms with E-state index in [0.717, 1.165) is 0 Å². The van der Waals surface area contributed by atoms with E-state index in [1.54, 1.807) is 43.0 Å². The van der Waals surface area contributed by atoms with Gasteiger partial charge in [-0.1, -0.05) is 24.3 Å². The number of hydrogen-bond acceptors (Lipinski definition) is 5. The molecule has 0 N–H and O–H groups in total. The number of urea groups is 1. The Labute approximate surface area is 169 Å². The summed E-state index contributed by atoms with van der Waals surface area (Å²) in [5, 5.41) is 10.7. The van der Waals surface area contributed by atoms with Crippen LogP contribution in [0.4, 0.5) is 10.5 Å². The smallest absolute Gasteiger partial charge is 0.332 e. The summed E-state index contributed by atoms with van der Waals surface area (Å²) in [4.78, 5) is 39.9. The molecule has 1 aliphatic rings. The molecule has 0 radical (unpaired) electrons. The molecule has 2 aromatic rings. The Bertz CT molecular complexity index is 1020. The predicted octanol–water partition coefficient (Wildman–Crippen LogP) is 3.60. The Balaban J connectivity index is 1.89. The first-order valence-electron chi connectivity index (χ1n) is 9.50. The van der Waals surface area contributed by atoms with E-state index in [0.29, 0.717) is 41.4 Å². The van der Waals surface area contributed by atoms with Gasteiger partial charge < -0.3 is 9.64 Å². The van der Waals surface area contributed by atoms with Crippen LogP contribution < -0.4 is 4.90 Å². The second-order valence-corrected chi connectivity index (χ2v) is 7.47. The Morgan fingerprint density at radius 1 is 1.10 bits per heavy atom. The SMILES string of the molecule is CC(=O)OCCCCN1C(=O)N(c2ccc(C#N)c3ccccc23)C(=O)C1(C)C. The van der Waals surface area contributed by atoms with Gasteiger partial charge in [0.25, 0.3) is 5.91 Å². The molecule has 3 rings (SSSR count). The average Bonchev–Trinajstić information content (AvgIpc) is 2.86. The zero-order valence-corrected chi connectivity index (χ0v) is 16.8. The normalized spacial score (nSPS) is 15.7. The van der Waals surface area contributed by atoms with Crippen molar-refractivity contribution in [2.24, 2.45) is 0 Å². The minimum absolute atomic E-state index is 0.287. The van der Waals surface area contributed by atoms with Crippen molar-refractivity contribution < 1.29 is 19.1 Å². The van der Waals surface area contributed by atoms with Gasteiger partial charge in [0.15, 0.2) is 0 Å². The van der Waals surface area contributed by atoms with E-state index in [-0.39, 0.29) is 24.5 Å². The first-order valence-corrected chi connectivity index (χ1v) is 9.50. The molecule has 7 nitrogen and oxygen atoms in total. The minimum Gasteiger partial charge on any atom is -0.466 e. The molecular formula is C22H23N3O4. The summed E-state index contributed by atoms with van der Waals surface area (Å²) in [6, 6.07) is 12.3. The summed E-state index contributed by atoms with van der Waals surface area (Å²) in [6.45, 7) is 5.47. The minimum atomic E-state index is -0.993. The van der Waals surface area contributed by atoms with Crippen LogP contribution in [0.25, 0.3) is 10.8 Å². The van der Waals surface area contributed by atoms with Crippen LogP contribution in [-0.4, -0.2) is 41.5 Å². The van der Waals surface area contributed by atoms with Crippen LogP contribution in [0.2, 0.25) is 0 Å². The van der Waals surface area contributed by atoms with Crippen molar-refractivity contribution in [1.82, 2.24) is 4.90 Å².